The van der Waals surface area contributed by atoms with Gasteiger partial charge in [0.15, 0.2) is 9.50 Å². The second kappa shape index (κ2) is 12.4. The van der Waals surface area contributed by atoms with Gasteiger partial charge < -0.3 is 24.2 Å². The maximum absolute atomic E-state index is 10.5. The minimum atomic E-state index is -0.671. The number of hydrogen-bond donors (Lipinski definition) is 0. The molecule has 0 saturated carbocycles. The molecule has 12 nitrogen and oxygen atoms in total. The summed E-state index contributed by atoms with van der Waals surface area (Å²) in [6.07, 6.45) is 4.45. The van der Waals surface area contributed by atoms with Gasteiger partial charge in [0.05, 0.1) is 13.2 Å². The van der Waals surface area contributed by atoms with Gasteiger partial charge in [-0.25, -0.2) is 15.1 Å². The lowest BCUT2D eigenvalue weighted by molar-refractivity contribution is -0.486. The molecular formula is C17H25ClN8O4S. The third-order valence-electron chi connectivity index (χ3n) is 4.51. The van der Waals surface area contributed by atoms with Crippen LogP contribution in [-0.2, 0) is 16.0 Å². The molecule has 0 bridgehead atoms. The Kier molecular flexibility index (Phi) is 9.86. The molecule has 2 fully saturated rings. The molecule has 3 rings (SSSR count). The molecule has 170 valence electrons. The summed E-state index contributed by atoms with van der Waals surface area (Å²) >= 11 is 7.12. The number of rotatable bonds is 5. The van der Waals surface area contributed by atoms with Crippen LogP contribution in [0.3, 0.4) is 0 Å². The number of halogens is 1. The number of amidine groups is 1. The summed E-state index contributed by atoms with van der Waals surface area (Å²) in [5, 5.41) is 21.6. The van der Waals surface area contributed by atoms with Crippen molar-refractivity contribution in [2.75, 3.05) is 47.3 Å². The Bertz CT molecular complexity index is 836. The predicted octanol–water partition coefficient (Wildman–Crippen LogP) is 1.88. The Hall–Kier alpha value is -2.53. The molecule has 0 aliphatic carbocycles. The van der Waals surface area contributed by atoms with Crippen LogP contribution in [0.15, 0.2) is 16.3 Å². The van der Waals surface area contributed by atoms with Gasteiger partial charge in [0.2, 0.25) is 6.19 Å². The predicted molar refractivity (Wildman–Crippen MR) is 116 cm³/mol. The average molecular weight is 473 g/mol. The van der Waals surface area contributed by atoms with Crippen LogP contribution in [0.5, 0.6) is 0 Å². The Balaban J connectivity index is 0.000000225. The molecule has 0 aromatic carbocycles. The molecule has 1 aromatic heterocycles. The first kappa shape index (κ1) is 24.7. The monoisotopic (exact) mass is 472 g/mol. The summed E-state index contributed by atoms with van der Waals surface area (Å²) < 4.78 is 11.1. The van der Waals surface area contributed by atoms with Gasteiger partial charge in [-0.1, -0.05) is 11.6 Å². The Morgan fingerprint density at radius 2 is 2.32 bits per heavy atom. The lowest BCUT2D eigenvalue weighted by Gasteiger charge is -2.35. The van der Waals surface area contributed by atoms with Crippen LogP contribution in [0, 0.1) is 27.5 Å². The fourth-order valence-corrected chi connectivity index (χ4v) is 3.92. The summed E-state index contributed by atoms with van der Waals surface area (Å²) in [7, 11) is 3.59. The molecule has 1 aromatic rings. The largest absolute Gasteiger partial charge is 0.381 e. The first-order valence-electron chi connectivity index (χ1n) is 9.39. The van der Waals surface area contributed by atoms with Crippen molar-refractivity contribution in [3.63, 3.8) is 0 Å². The van der Waals surface area contributed by atoms with E-state index in [1.54, 1.807) is 36.2 Å². The molecule has 1 atom stereocenters. The number of guanidine groups is 1. The number of nitriles is 1. The van der Waals surface area contributed by atoms with Crippen LogP contribution in [0.4, 0.5) is 0 Å². The number of aliphatic imine (C=N–C) groups is 1. The van der Waals surface area contributed by atoms with E-state index in [0.29, 0.717) is 55.3 Å². The second-order valence-electron chi connectivity index (χ2n) is 6.94. The van der Waals surface area contributed by atoms with E-state index in [-0.39, 0.29) is 0 Å². The molecule has 1 unspecified atom stereocenters. The van der Waals surface area contributed by atoms with Crippen molar-refractivity contribution < 1.29 is 14.5 Å². The summed E-state index contributed by atoms with van der Waals surface area (Å²) in [4.78, 5) is 24.4. The van der Waals surface area contributed by atoms with Gasteiger partial charge in [0.1, 0.15) is 24.4 Å². The first-order chi connectivity index (χ1) is 14.8. The van der Waals surface area contributed by atoms with E-state index in [4.69, 9.17) is 26.3 Å². The molecule has 2 saturated heterocycles. The maximum Gasteiger partial charge on any atom is 0.277 e. The van der Waals surface area contributed by atoms with Crippen molar-refractivity contribution in [1.29, 1.82) is 5.26 Å². The SMILES string of the molecule is CC(=NC#N)N(C)Cc1cnc(Cl)s1.CN1COCN(CC2CCOC2)/C1=N\[N+](=O)[O-]. The standard InChI is InChI=1S/C9H16N4O4.C8H9ClN4S/c1-11-6-17-7-12(9(11)10-13(14)15)4-8-2-3-16-5-8;1-6(12-5-10)13(2)4-7-3-11-8(9)14-7/h8H,2-7H2,1H3;3H,4H2,1-2H3/b10-9-;. The topological polar surface area (TPSA) is 133 Å². The van der Waals surface area contributed by atoms with Crippen LogP contribution in [0.25, 0.3) is 0 Å². The van der Waals surface area contributed by atoms with Crippen LogP contribution >= 0.6 is 22.9 Å². The fourth-order valence-electron chi connectivity index (χ4n) is 2.89. The minimum Gasteiger partial charge on any atom is -0.381 e. The van der Waals surface area contributed by atoms with E-state index in [1.807, 2.05) is 11.9 Å². The highest BCUT2D eigenvalue weighted by Gasteiger charge is 2.28. The van der Waals surface area contributed by atoms with Crippen LogP contribution in [0.1, 0.15) is 18.2 Å². The summed E-state index contributed by atoms with van der Waals surface area (Å²) in [6.45, 7) is 5.25. The summed E-state index contributed by atoms with van der Waals surface area (Å²) in [6, 6.07) is 0. The molecule has 2 aliphatic rings. The lowest BCUT2D eigenvalue weighted by Crippen LogP contribution is -2.51. The van der Waals surface area contributed by atoms with Crippen LogP contribution in [-0.4, -0.2) is 83.8 Å². The summed E-state index contributed by atoms with van der Waals surface area (Å²) in [5.74, 6) is 1.42. The molecule has 0 N–H and O–H groups in total. The quantitative estimate of drug-likeness (QED) is 0.207. The third-order valence-corrected chi connectivity index (χ3v) is 5.61. The molecule has 0 spiro atoms. The van der Waals surface area contributed by atoms with Gasteiger partial charge in [-0.05, 0) is 13.3 Å². The molecule has 2 aliphatic heterocycles. The van der Waals surface area contributed by atoms with Gasteiger partial charge in [0, 0.05) is 44.2 Å². The minimum absolute atomic E-state index is 0.324. The smallest absolute Gasteiger partial charge is 0.277 e. The Morgan fingerprint density at radius 3 is 2.90 bits per heavy atom. The second-order valence-corrected chi connectivity index (χ2v) is 8.64. The van der Waals surface area contributed by atoms with Crippen molar-refractivity contribution >= 4 is 34.7 Å². The normalized spacial score (nSPS) is 20.3. The average Bonchev–Trinajstić information content (AvgIpc) is 3.37. The van der Waals surface area contributed by atoms with Crippen LogP contribution in [0.2, 0.25) is 4.47 Å². The Morgan fingerprint density at radius 1 is 1.55 bits per heavy atom. The van der Waals surface area contributed by atoms with E-state index >= 15 is 0 Å². The summed E-state index contributed by atoms with van der Waals surface area (Å²) in [5.41, 5.74) is 0. The number of aromatic nitrogens is 1. The van der Waals surface area contributed by atoms with Gasteiger partial charge in [0.25, 0.3) is 5.96 Å². The van der Waals surface area contributed by atoms with E-state index in [1.165, 1.54) is 11.3 Å². The van der Waals surface area contributed by atoms with E-state index in [2.05, 4.69) is 15.1 Å². The highest BCUT2D eigenvalue weighted by molar-refractivity contribution is 7.15. The maximum atomic E-state index is 10.5. The van der Waals surface area contributed by atoms with E-state index < -0.39 is 5.03 Å². The number of ether oxygens (including phenoxy) is 2. The highest BCUT2D eigenvalue weighted by Crippen LogP contribution is 2.19. The lowest BCUT2D eigenvalue weighted by atomic mass is 10.1. The van der Waals surface area contributed by atoms with E-state index in [9.17, 15) is 10.1 Å². The molecule has 0 radical (unpaired) electrons. The Labute approximate surface area is 189 Å². The molecule has 0 amide bonds. The number of nitrogens with zero attached hydrogens (tertiary/aromatic N) is 8. The van der Waals surface area contributed by atoms with Crippen molar-refractivity contribution in [1.82, 2.24) is 19.7 Å². The van der Waals surface area contributed by atoms with Gasteiger partial charge in [-0.2, -0.15) is 10.3 Å². The number of hydrogen-bond acceptors (Lipinski definition) is 8. The number of hydrazone groups is 1. The zero-order chi connectivity index (χ0) is 22.8. The van der Waals surface area contributed by atoms with Crippen LogP contribution < -0.4 is 0 Å². The van der Waals surface area contributed by atoms with Crippen molar-refractivity contribution in [3.8, 4) is 6.19 Å². The van der Waals surface area contributed by atoms with Crippen molar-refractivity contribution in [3.05, 3.63) is 25.7 Å². The zero-order valence-electron chi connectivity index (χ0n) is 17.6. The van der Waals surface area contributed by atoms with Gasteiger partial charge in [-0.3, -0.25) is 0 Å². The molecule has 14 heteroatoms. The zero-order valence-corrected chi connectivity index (χ0v) is 19.2. The van der Waals surface area contributed by atoms with Crippen molar-refractivity contribution in [2.45, 2.75) is 19.9 Å². The van der Waals surface area contributed by atoms with Crippen molar-refractivity contribution in [2.24, 2.45) is 16.0 Å². The molecule has 3 heterocycles. The third kappa shape index (κ3) is 8.25. The highest BCUT2D eigenvalue weighted by atomic mass is 35.5. The molecule has 31 heavy (non-hydrogen) atoms. The first-order valence-corrected chi connectivity index (χ1v) is 10.6. The molecular weight excluding hydrogens is 448 g/mol. The fraction of sp³-hybridized carbons (Fsp3) is 0.647. The number of thiazole rings is 1. The van der Waals surface area contributed by atoms with E-state index in [0.717, 1.165) is 17.9 Å². The van der Waals surface area contributed by atoms with Gasteiger partial charge in [-0.15, -0.1) is 11.3 Å². The number of nitro groups is 1. The van der Waals surface area contributed by atoms with Gasteiger partial charge >= 0.3 is 0 Å².